The van der Waals surface area contributed by atoms with E-state index >= 15 is 0 Å². The molecule has 0 saturated carbocycles. The molecule has 3 heterocycles. The number of pyridine rings is 1. The number of nitrogens with one attached hydrogen (secondary N) is 1. The van der Waals surface area contributed by atoms with Gasteiger partial charge in [0.15, 0.2) is 5.65 Å². The number of hydrogen-bond acceptors (Lipinski definition) is 3. The average Bonchev–Trinajstić information content (AvgIpc) is 2.87. The first-order valence-corrected chi connectivity index (χ1v) is 6.09. The van der Waals surface area contributed by atoms with Crippen molar-refractivity contribution in [1.82, 2.24) is 14.4 Å². The van der Waals surface area contributed by atoms with Crippen LogP contribution in [0.1, 0.15) is 0 Å². The third-order valence-electron chi connectivity index (χ3n) is 2.95. The first kappa shape index (κ1) is 12.1. The van der Waals surface area contributed by atoms with Gasteiger partial charge in [0.25, 0.3) is 0 Å². The Labute approximate surface area is 115 Å². The Morgan fingerprint density at radius 3 is 2.85 bits per heavy atom. The lowest BCUT2D eigenvalue weighted by Gasteiger charge is -2.01. The predicted molar refractivity (Wildman–Crippen MR) is 77.2 cm³/mol. The number of carbonyl (C=O) groups excluding carboxylic acids is 1. The smallest absolute Gasteiger partial charge is 0.247 e. The molecule has 20 heavy (non-hydrogen) atoms. The minimum atomic E-state index is -0.260. The number of fused-ring (bicyclic) bond motifs is 1. The minimum absolute atomic E-state index is 0.260. The summed E-state index contributed by atoms with van der Waals surface area (Å²) >= 11 is 0. The standard InChI is InChI=1S/C15H12N4O/c1-2-14(20)18-12-10-13(11-4-7-16-8-5-11)19-9-3-6-17-15(12)19/h2-10H,1H2,(H,18,20). The van der Waals surface area contributed by atoms with Crippen LogP contribution in [0.2, 0.25) is 0 Å². The second kappa shape index (κ2) is 4.97. The van der Waals surface area contributed by atoms with Crippen molar-refractivity contribution < 1.29 is 4.79 Å². The number of carbonyl (C=O) groups is 1. The highest BCUT2D eigenvalue weighted by Gasteiger charge is 2.12. The van der Waals surface area contributed by atoms with Crippen LogP contribution in [0.15, 0.2) is 61.7 Å². The molecule has 0 aliphatic carbocycles. The van der Waals surface area contributed by atoms with Crippen LogP contribution in [0.3, 0.4) is 0 Å². The number of nitrogens with zero attached hydrogens (tertiary/aromatic N) is 3. The van der Waals surface area contributed by atoms with E-state index in [4.69, 9.17) is 0 Å². The van der Waals surface area contributed by atoms with Crippen molar-refractivity contribution >= 4 is 17.2 Å². The molecule has 0 radical (unpaired) electrons. The Balaban J connectivity index is 2.19. The van der Waals surface area contributed by atoms with Crippen LogP contribution < -0.4 is 5.32 Å². The molecular weight excluding hydrogens is 252 g/mol. The van der Waals surface area contributed by atoms with E-state index in [0.29, 0.717) is 11.3 Å². The summed E-state index contributed by atoms with van der Waals surface area (Å²) in [6, 6.07) is 7.55. The summed E-state index contributed by atoms with van der Waals surface area (Å²) in [6.07, 6.45) is 8.29. The molecule has 0 fully saturated rings. The summed E-state index contributed by atoms with van der Waals surface area (Å²) in [5.74, 6) is -0.260. The van der Waals surface area contributed by atoms with Gasteiger partial charge in [0.2, 0.25) is 5.91 Å². The Hall–Kier alpha value is -2.95. The topological polar surface area (TPSA) is 59.3 Å². The van der Waals surface area contributed by atoms with E-state index < -0.39 is 0 Å². The highest BCUT2D eigenvalue weighted by atomic mass is 16.1. The van der Waals surface area contributed by atoms with Gasteiger partial charge >= 0.3 is 0 Å². The van der Waals surface area contributed by atoms with Gasteiger partial charge in [-0.15, -0.1) is 0 Å². The van der Waals surface area contributed by atoms with Crippen LogP contribution in [0.25, 0.3) is 16.9 Å². The van der Waals surface area contributed by atoms with Gasteiger partial charge in [-0.2, -0.15) is 0 Å². The molecule has 3 rings (SSSR count). The molecule has 5 nitrogen and oxygen atoms in total. The number of rotatable bonds is 3. The van der Waals surface area contributed by atoms with Crippen LogP contribution in [-0.4, -0.2) is 20.3 Å². The number of hydrogen-bond donors (Lipinski definition) is 1. The zero-order chi connectivity index (χ0) is 13.9. The highest BCUT2D eigenvalue weighted by Crippen LogP contribution is 2.27. The first-order chi connectivity index (χ1) is 9.79. The fourth-order valence-electron chi connectivity index (χ4n) is 2.06. The van der Waals surface area contributed by atoms with Gasteiger partial charge in [0.1, 0.15) is 0 Å². The largest absolute Gasteiger partial charge is 0.319 e. The molecule has 0 aromatic carbocycles. The van der Waals surface area contributed by atoms with Gasteiger partial charge in [-0.3, -0.25) is 14.2 Å². The van der Waals surface area contributed by atoms with Gasteiger partial charge in [-0.25, -0.2) is 4.98 Å². The molecule has 0 saturated heterocycles. The zero-order valence-corrected chi connectivity index (χ0v) is 10.7. The Kier molecular flexibility index (Phi) is 3.01. The fourth-order valence-corrected chi connectivity index (χ4v) is 2.06. The Morgan fingerprint density at radius 1 is 1.30 bits per heavy atom. The van der Waals surface area contributed by atoms with Crippen LogP contribution >= 0.6 is 0 Å². The number of aromatic nitrogens is 3. The normalized spacial score (nSPS) is 10.4. The van der Waals surface area contributed by atoms with Gasteiger partial charge in [0, 0.05) is 30.4 Å². The second-order valence-electron chi connectivity index (χ2n) is 4.19. The summed E-state index contributed by atoms with van der Waals surface area (Å²) < 4.78 is 1.92. The monoisotopic (exact) mass is 264 g/mol. The lowest BCUT2D eigenvalue weighted by Crippen LogP contribution is -2.07. The van der Waals surface area contributed by atoms with E-state index in [1.807, 2.05) is 34.9 Å². The second-order valence-corrected chi connectivity index (χ2v) is 4.19. The van der Waals surface area contributed by atoms with E-state index in [1.165, 1.54) is 6.08 Å². The van der Waals surface area contributed by atoms with E-state index in [9.17, 15) is 4.79 Å². The van der Waals surface area contributed by atoms with Crippen LogP contribution in [0.5, 0.6) is 0 Å². The lowest BCUT2D eigenvalue weighted by atomic mass is 10.2. The fraction of sp³-hybridized carbons (Fsp3) is 0. The first-order valence-electron chi connectivity index (χ1n) is 6.09. The quantitative estimate of drug-likeness (QED) is 0.739. The van der Waals surface area contributed by atoms with Crippen LogP contribution in [0.4, 0.5) is 5.69 Å². The van der Waals surface area contributed by atoms with E-state index in [0.717, 1.165) is 11.3 Å². The zero-order valence-electron chi connectivity index (χ0n) is 10.7. The SMILES string of the molecule is C=CC(=O)Nc1cc(-c2ccncc2)n2cccnc12. The molecule has 3 aromatic heterocycles. The van der Waals surface area contributed by atoms with Crippen molar-refractivity contribution in [1.29, 1.82) is 0 Å². The van der Waals surface area contributed by atoms with Crippen molar-refractivity contribution in [2.24, 2.45) is 0 Å². The van der Waals surface area contributed by atoms with Gasteiger partial charge < -0.3 is 5.32 Å². The van der Waals surface area contributed by atoms with Crippen molar-refractivity contribution in [2.45, 2.75) is 0 Å². The van der Waals surface area contributed by atoms with Crippen molar-refractivity contribution in [3.8, 4) is 11.3 Å². The van der Waals surface area contributed by atoms with Gasteiger partial charge in [0.05, 0.1) is 11.4 Å². The summed E-state index contributed by atoms with van der Waals surface area (Å²) in [5.41, 5.74) is 3.29. The van der Waals surface area contributed by atoms with E-state index in [1.54, 1.807) is 18.6 Å². The third kappa shape index (κ3) is 2.05. The summed E-state index contributed by atoms with van der Waals surface area (Å²) in [4.78, 5) is 19.8. The number of amides is 1. The Morgan fingerprint density at radius 2 is 2.10 bits per heavy atom. The summed E-state index contributed by atoms with van der Waals surface area (Å²) in [5, 5.41) is 2.77. The number of anilines is 1. The minimum Gasteiger partial charge on any atom is -0.319 e. The molecule has 0 bridgehead atoms. The molecule has 0 aliphatic rings. The Bertz CT molecular complexity index is 777. The maximum absolute atomic E-state index is 11.5. The van der Waals surface area contributed by atoms with E-state index in [2.05, 4.69) is 21.9 Å². The van der Waals surface area contributed by atoms with Gasteiger partial charge in [-0.1, -0.05) is 6.58 Å². The molecule has 0 spiro atoms. The molecule has 3 aromatic rings. The molecule has 5 heteroatoms. The van der Waals surface area contributed by atoms with Crippen LogP contribution in [-0.2, 0) is 4.79 Å². The molecule has 98 valence electrons. The third-order valence-corrected chi connectivity index (χ3v) is 2.95. The predicted octanol–water partition coefficient (Wildman–Crippen LogP) is 2.52. The molecule has 1 N–H and O–H groups in total. The molecule has 0 aliphatic heterocycles. The molecular formula is C15H12N4O. The average molecular weight is 264 g/mol. The molecule has 0 atom stereocenters. The maximum Gasteiger partial charge on any atom is 0.247 e. The molecule has 1 amide bonds. The van der Waals surface area contributed by atoms with Crippen molar-refractivity contribution in [3.63, 3.8) is 0 Å². The van der Waals surface area contributed by atoms with Crippen molar-refractivity contribution in [2.75, 3.05) is 5.32 Å². The summed E-state index contributed by atoms with van der Waals surface area (Å²) in [6.45, 7) is 3.45. The van der Waals surface area contributed by atoms with Crippen molar-refractivity contribution in [3.05, 3.63) is 61.7 Å². The highest BCUT2D eigenvalue weighted by molar-refractivity contribution is 6.02. The molecule has 0 unspecified atom stereocenters. The van der Waals surface area contributed by atoms with Crippen LogP contribution in [0, 0.1) is 0 Å². The summed E-state index contributed by atoms with van der Waals surface area (Å²) in [7, 11) is 0. The van der Waals surface area contributed by atoms with E-state index in [-0.39, 0.29) is 5.91 Å². The maximum atomic E-state index is 11.5. The van der Waals surface area contributed by atoms with Gasteiger partial charge in [-0.05, 0) is 30.3 Å². The lowest BCUT2D eigenvalue weighted by molar-refractivity contribution is -0.111.